The minimum absolute atomic E-state index is 0.130. The van der Waals surface area contributed by atoms with Crippen molar-refractivity contribution in [2.75, 3.05) is 0 Å². The summed E-state index contributed by atoms with van der Waals surface area (Å²) in [6.45, 7) is 7.75. The van der Waals surface area contributed by atoms with Crippen LogP contribution >= 0.6 is 0 Å². The number of amides is 1. The second kappa shape index (κ2) is 9.20. The Balaban J connectivity index is 1.26. The fraction of sp³-hybridized carbons (Fsp3) is 0.793. The molecule has 4 aliphatic carbocycles. The van der Waals surface area contributed by atoms with Crippen molar-refractivity contribution in [1.29, 1.82) is 0 Å². The fourth-order valence-electron chi connectivity index (χ4n) is 9.39. The molecule has 0 saturated heterocycles. The predicted octanol–water partition coefficient (Wildman–Crippen LogP) is 4.71. The third-order valence-electron chi connectivity index (χ3n) is 11.1. The smallest absolute Gasteiger partial charge is 0.220 e. The van der Waals surface area contributed by atoms with Gasteiger partial charge in [0.25, 0.3) is 0 Å². The molecule has 1 aromatic rings. The second-order valence-corrected chi connectivity index (χ2v) is 12.8. The van der Waals surface area contributed by atoms with E-state index < -0.39 is 0 Å². The van der Waals surface area contributed by atoms with Crippen molar-refractivity contribution in [3.05, 3.63) is 30.1 Å². The monoisotopic (exact) mass is 468 g/mol. The Morgan fingerprint density at radius 3 is 2.65 bits per heavy atom. The first-order valence-electron chi connectivity index (χ1n) is 13.7. The first kappa shape index (κ1) is 24.2. The van der Waals surface area contributed by atoms with Gasteiger partial charge >= 0.3 is 0 Å². The molecule has 0 spiro atoms. The van der Waals surface area contributed by atoms with Crippen LogP contribution in [0.25, 0.3) is 0 Å². The molecule has 5 heteroatoms. The number of carbonyl (C=O) groups is 1. The van der Waals surface area contributed by atoms with Crippen molar-refractivity contribution in [2.45, 2.75) is 97.3 Å². The molecule has 1 heterocycles. The minimum atomic E-state index is -0.241. The average molecular weight is 469 g/mol. The van der Waals surface area contributed by atoms with E-state index in [2.05, 4.69) is 31.1 Å². The molecule has 188 valence electrons. The first-order valence-corrected chi connectivity index (χ1v) is 13.7. The van der Waals surface area contributed by atoms with Gasteiger partial charge in [-0.25, -0.2) is 0 Å². The summed E-state index contributed by atoms with van der Waals surface area (Å²) < 4.78 is 0. The van der Waals surface area contributed by atoms with Crippen molar-refractivity contribution in [3.63, 3.8) is 0 Å². The molecule has 0 radical (unpaired) electrons. The largest absolute Gasteiger partial charge is 0.393 e. The van der Waals surface area contributed by atoms with Crippen LogP contribution in [0.1, 0.15) is 84.1 Å². The number of aliphatic hydroxyl groups is 2. The summed E-state index contributed by atoms with van der Waals surface area (Å²) in [6.07, 6.45) is 12.2. The highest BCUT2D eigenvalue weighted by molar-refractivity contribution is 5.76. The Labute approximate surface area is 205 Å². The molecular weight excluding hydrogens is 424 g/mol. The highest BCUT2D eigenvalue weighted by atomic mass is 16.3. The Bertz CT molecular complexity index is 877. The third kappa shape index (κ3) is 4.11. The van der Waals surface area contributed by atoms with Crippen LogP contribution in [0, 0.1) is 46.3 Å². The van der Waals surface area contributed by atoms with Crippen molar-refractivity contribution in [2.24, 2.45) is 46.3 Å². The quantitative estimate of drug-likeness (QED) is 0.584. The van der Waals surface area contributed by atoms with E-state index in [1.807, 2.05) is 12.1 Å². The Hall–Kier alpha value is -1.46. The molecule has 0 aromatic carbocycles. The lowest BCUT2D eigenvalue weighted by atomic mass is 9.43. The van der Waals surface area contributed by atoms with Crippen LogP contribution in [0.15, 0.2) is 24.5 Å². The SMILES string of the molecule is C[C@H](CC(=O)NCc1cccnc1)[C@H]1CC[C@H]2[C@@H]3[C@H](O)C[C@@H]4C[C@H](O)CC[C@]4(C)[C@H]3CC[C@]12C. The molecule has 1 aromatic heterocycles. The number of carbonyl (C=O) groups excluding carboxylic acids is 1. The van der Waals surface area contributed by atoms with Gasteiger partial charge in [0, 0.05) is 25.4 Å². The maximum absolute atomic E-state index is 12.8. The van der Waals surface area contributed by atoms with E-state index >= 15 is 0 Å². The molecule has 5 rings (SSSR count). The van der Waals surface area contributed by atoms with E-state index in [4.69, 9.17) is 0 Å². The van der Waals surface area contributed by atoms with Gasteiger partial charge in [0.15, 0.2) is 0 Å². The van der Waals surface area contributed by atoms with Gasteiger partial charge < -0.3 is 15.5 Å². The fourth-order valence-corrected chi connectivity index (χ4v) is 9.39. The standard InChI is InChI=1S/C29H44N2O3/c1-18(13-26(34)31-17-19-5-4-12-30-16-19)22-6-7-23-27-24(9-11-29(22,23)3)28(2)10-8-21(32)14-20(28)15-25(27)33/h4-5,12,16,18,20-25,27,32-33H,6-11,13-15,17H2,1-3H3,(H,31,34)/t18-,20+,21-,22-,23+,24+,25-,27+,28+,29-/m1/s1. The maximum Gasteiger partial charge on any atom is 0.220 e. The highest BCUT2D eigenvalue weighted by Gasteiger charge is 2.62. The molecule has 3 N–H and O–H groups in total. The zero-order valence-electron chi connectivity index (χ0n) is 21.2. The summed E-state index contributed by atoms with van der Waals surface area (Å²) >= 11 is 0. The van der Waals surface area contributed by atoms with Gasteiger partial charge in [-0.15, -0.1) is 0 Å². The number of pyridine rings is 1. The molecule has 4 saturated carbocycles. The summed E-state index contributed by atoms with van der Waals surface area (Å²) in [7, 11) is 0. The van der Waals surface area contributed by atoms with E-state index in [1.165, 1.54) is 25.7 Å². The second-order valence-electron chi connectivity index (χ2n) is 12.8. The van der Waals surface area contributed by atoms with Crippen LogP contribution in [-0.4, -0.2) is 33.3 Å². The normalized spacial score (nSPS) is 44.4. The first-order chi connectivity index (χ1) is 16.2. The lowest BCUT2D eigenvalue weighted by Gasteiger charge is -2.62. The number of aliphatic hydroxyl groups excluding tert-OH is 2. The summed E-state index contributed by atoms with van der Waals surface area (Å²) in [5.74, 6) is 2.97. The summed E-state index contributed by atoms with van der Waals surface area (Å²) in [5.41, 5.74) is 1.51. The number of aromatic nitrogens is 1. The number of nitrogens with zero attached hydrogens (tertiary/aromatic N) is 1. The zero-order valence-corrected chi connectivity index (χ0v) is 21.2. The summed E-state index contributed by atoms with van der Waals surface area (Å²) in [6, 6.07) is 3.89. The van der Waals surface area contributed by atoms with Gasteiger partial charge in [-0.1, -0.05) is 26.8 Å². The molecule has 0 unspecified atom stereocenters. The lowest BCUT2D eigenvalue weighted by molar-refractivity contribution is -0.174. The van der Waals surface area contributed by atoms with E-state index in [1.54, 1.807) is 12.4 Å². The highest BCUT2D eigenvalue weighted by Crippen LogP contribution is 2.68. The zero-order chi connectivity index (χ0) is 24.1. The molecule has 4 aliphatic rings. The van der Waals surface area contributed by atoms with Crippen LogP contribution in [0.3, 0.4) is 0 Å². The van der Waals surface area contributed by atoms with Crippen LogP contribution in [0.5, 0.6) is 0 Å². The molecule has 1 amide bonds. The van der Waals surface area contributed by atoms with Gasteiger partial charge in [0.05, 0.1) is 12.2 Å². The Morgan fingerprint density at radius 2 is 1.88 bits per heavy atom. The third-order valence-corrected chi connectivity index (χ3v) is 11.1. The Morgan fingerprint density at radius 1 is 1.12 bits per heavy atom. The van der Waals surface area contributed by atoms with E-state index in [0.29, 0.717) is 48.5 Å². The lowest BCUT2D eigenvalue weighted by Crippen LogP contribution is -2.58. The molecule has 0 aliphatic heterocycles. The van der Waals surface area contributed by atoms with E-state index in [-0.39, 0.29) is 28.9 Å². The number of hydrogen-bond acceptors (Lipinski definition) is 4. The van der Waals surface area contributed by atoms with Crippen LogP contribution in [0.2, 0.25) is 0 Å². The maximum atomic E-state index is 12.8. The summed E-state index contributed by atoms with van der Waals surface area (Å²) in [5, 5.41) is 24.8. The number of fused-ring (bicyclic) bond motifs is 5. The van der Waals surface area contributed by atoms with Gasteiger partial charge in [-0.2, -0.15) is 0 Å². The molecule has 10 atom stereocenters. The molecule has 34 heavy (non-hydrogen) atoms. The van der Waals surface area contributed by atoms with Crippen LogP contribution < -0.4 is 5.32 Å². The van der Waals surface area contributed by atoms with Crippen LogP contribution in [-0.2, 0) is 11.3 Å². The van der Waals surface area contributed by atoms with Crippen molar-refractivity contribution in [1.82, 2.24) is 10.3 Å². The average Bonchev–Trinajstić information content (AvgIpc) is 3.17. The van der Waals surface area contributed by atoms with E-state index in [0.717, 1.165) is 31.2 Å². The molecule has 4 fully saturated rings. The number of hydrogen-bond donors (Lipinski definition) is 3. The minimum Gasteiger partial charge on any atom is -0.393 e. The summed E-state index contributed by atoms with van der Waals surface area (Å²) in [4.78, 5) is 16.9. The van der Waals surface area contributed by atoms with Crippen molar-refractivity contribution >= 4 is 5.91 Å². The predicted molar refractivity (Wildman–Crippen MR) is 132 cm³/mol. The van der Waals surface area contributed by atoms with Crippen molar-refractivity contribution in [3.8, 4) is 0 Å². The number of nitrogens with one attached hydrogen (secondary N) is 1. The van der Waals surface area contributed by atoms with Gasteiger partial charge in [-0.3, -0.25) is 9.78 Å². The molecular formula is C29H44N2O3. The van der Waals surface area contributed by atoms with Crippen molar-refractivity contribution < 1.29 is 15.0 Å². The van der Waals surface area contributed by atoms with Gasteiger partial charge in [0.1, 0.15) is 0 Å². The molecule has 5 nitrogen and oxygen atoms in total. The van der Waals surface area contributed by atoms with Crippen LogP contribution in [0.4, 0.5) is 0 Å². The van der Waals surface area contributed by atoms with Gasteiger partial charge in [0.2, 0.25) is 5.91 Å². The van der Waals surface area contributed by atoms with Gasteiger partial charge in [-0.05, 0) is 109 Å². The molecule has 0 bridgehead atoms. The number of rotatable bonds is 5. The Kier molecular flexibility index (Phi) is 6.56. The topological polar surface area (TPSA) is 82.5 Å². The van der Waals surface area contributed by atoms with E-state index in [9.17, 15) is 15.0 Å².